The third-order valence-electron chi connectivity index (χ3n) is 9.90. The van der Waals surface area contributed by atoms with Crippen molar-refractivity contribution in [1.29, 1.82) is 0 Å². The number of carbonyl (C=O) groups is 7. The normalized spacial score (nSPS) is 14.2. The summed E-state index contributed by atoms with van der Waals surface area (Å²) in [5, 5.41) is 10.7. The monoisotopic (exact) mass is 873 g/mol. The molecule has 4 atom stereocenters. The molecule has 0 fully saturated rings. The van der Waals surface area contributed by atoms with Gasteiger partial charge in [-0.3, -0.25) is 28.8 Å². The van der Waals surface area contributed by atoms with Crippen LogP contribution in [0.3, 0.4) is 0 Å². The molecule has 0 aromatic heterocycles. The molecule has 0 radical (unpaired) electrons. The lowest BCUT2D eigenvalue weighted by Gasteiger charge is -2.26. The number of rotatable bonds is 22. The van der Waals surface area contributed by atoms with Crippen molar-refractivity contribution in [1.82, 2.24) is 21.3 Å². The maximum Gasteiger partial charge on any atom is 0.408 e. The number of hydrogen-bond acceptors (Lipinski definition) is 10. The van der Waals surface area contributed by atoms with E-state index in [-0.39, 0.29) is 62.5 Å². The van der Waals surface area contributed by atoms with E-state index in [0.29, 0.717) is 17.7 Å². The van der Waals surface area contributed by atoms with Gasteiger partial charge in [-0.1, -0.05) is 86.7 Å². The number of benzene rings is 3. The predicted molar refractivity (Wildman–Crippen MR) is 231 cm³/mol. The van der Waals surface area contributed by atoms with Crippen molar-refractivity contribution in [2.75, 3.05) is 17.7 Å². The van der Waals surface area contributed by atoms with E-state index in [1.165, 1.54) is 29.2 Å². The number of nitrogens with two attached hydrogens (primary N) is 2. The number of hydrogen-bond donors (Lipinski definition) is 6. The number of anilines is 1. The molecule has 0 spiro atoms. The molecule has 0 aliphatic carbocycles. The topological polar surface area (TPSA) is 266 Å². The first-order valence-electron chi connectivity index (χ1n) is 20.2. The van der Waals surface area contributed by atoms with Crippen molar-refractivity contribution in [3.05, 3.63) is 108 Å². The van der Waals surface area contributed by atoms with Crippen LogP contribution in [0.15, 0.2) is 95.9 Å². The van der Waals surface area contributed by atoms with Crippen molar-refractivity contribution in [3.63, 3.8) is 0 Å². The first-order chi connectivity index (χ1) is 29.4. The van der Waals surface area contributed by atoms with Gasteiger partial charge in [0, 0.05) is 49.9 Å². The standard InChI is InChI=1S/C44H55N7O10S/c1-28(2)24-35(50-44(58)61-27-30-12-8-5-9-13-30)42(56)49-36(25-29-10-6-4-7-11-29)43(57)48-34(18-20-39(46)53)41(55)47-32(15-19-38(45)52)16-21-40(54)51-23-22-31-14-17-33(26-37(31)51)62(3,59)60/h4-14,16-17,21,26,28,32,34-36H,15,18-20,22-25,27H2,1-3H3,(H2,45,52)(H2,46,53)(H,47,55)(H,48,57)(H,49,56)(H,50,58)/b21-16+/t32-,34-,35-,36-/m0/s1. The maximum absolute atomic E-state index is 14.1. The first kappa shape index (κ1) is 48.1. The zero-order valence-electron chi connectivity index (χ0n) is 35.0. The highest BCUT2D eigenvalue weighted by molar-refractivity contribution is 7.90. The largest absolute Gasteiger partial charge is 0.445 e. The van der Waals surface area contributed by atoms with Crippen LogP contribution in [0.1, 0.15) is 62.6 Å². The second kappa shape index (κ2) is 22.9. The SMILES string of the molecule is CC(C)C[C@H](NC(=O)OCc1ccccc1)C(=O)N[C@@H](Cc1ccccc1)C(=O)N[C@@H](CCC(N)=O)C(=O)N[C@H](/C=C/C(=O)N1CCc2ccc(S(C)(=O)=O)cc21)CCC(N)=O. The highest BCUT2D eigenvalue weighted by Crippen LogP contribution is 2.31. The van der Waals surface area contributed by atoms with Gasteiger partial charge >= 0.3 is 6.09 Å². The van der Waals surface area contributed by atoms with Gasteiger partial charge in [0.15, 0.2) is 9.84 Å². The van der Waals surface area contributed by atoms with E-state index in [1.54, 1.807) is 60.7 Å². The van der Waals surface area contributed by atoms with Gasteiger partial charge in [0.05, 0.1) is 4.90 Å². The molecule has 0 unspecified atom stereocenters. The van der Waals surface area contributed by atoms with Crippen LogP contribution in [0.2, 0.25) is 0 Å². The lowest BCUT2D eigenvalue weighted by molar-refractivity contribution is -0.133. The number of nitrogens with one attached hydrogen (secondary N) is 4. The van der Waals surface area contributed by atoms with Gasteiger partial charge in [0.2, 0.25) is 29.5 Å². The van der Waals surface area contributed by atoms with Gasteiger partial charge in [0.1, 0.15) is 24.7 Å². The zero-order chi connectivity index (χ0) is 45.4. The minimum absolute atomic E-state index is 0.0210. The van der Waals surface area contributed by atoms with Crippen LogP contribution in [0.25, 0.3) is 0 Å². The molecule has 1 aliphatic heterocycles. The molecule has 17 nitrogen and oxygen atoms in total. The second-order valence-corrected chi connectivity index (χ2v) is 17.5. The fourth-order valence-electron chi connectivity index (χ4n) is 6.67. The van der Waals surface area contributed by atoms with E-state index in [9.17, 15) is 42.0 Å². The molecular formula is C44H55N7O10S. The number of primary amides is 2. The second-order valence-electron chi connectivity index (χ2n) is 15.5. The molecule has 1 aliphatic rings. The minimum atomic E-state index is -3.55. The number of nitrogens with zero attached hydrogens (tertiary/aromatic N) is 1. The van der Waals surface area contributed by atoms with Crippen LogP contribution in [0, 0.1) is 5.92 Å². The highest BCUT2D eigenvalue weighted by Gasteiger charge is 2.32. The smallest absolute Gasteiger partial charge is 0.408 e. The van der Waals surface area contributed by atoms with Crippen LogP contribution >= 0.6 is 0 Å². The molecule has 4 rings (SSSR count). The average Bonchev–Trinajstić information content (AvgIpc) is 3.65. The summed E-state index contributed by atoms with van der Waals surface area (Å²) in [4.78, 5) is 93.3. The summed E-state index contributed by atoms with van der Waals surface area (Å²) in [6, 6.07) is 17.6. The van der Waals surface area contributed by atoms with E-state index in [0.717, 1.165) is 17.4 Å². The number of carbonyl (C=O) groups excluding carboxylic acids is 7. The Morgan fingerprint density at radius 2 is 1.32 bits per heavy atom. The minimum Gasteiger partial charge on any atom is -0.445 e. The highest BCUT2D eigenvalue weighted by atomic mass is 32.2. The number of amides is 7. The van der Waals surface area contributed by atoms with Gasteiger partial charge in [-0.2, -0.15) is 0 Å². The fraction of sp³-hybridized carbons (Fsp3) is 0.386. The van der Waals surface area contributed by atoms with Crippen molar-refractivity contribution in [2.24, 2.45) is 17.4 Å². The molecule has 3 aromatic rings. The van der Waals surface area contributed by atoms with E-state index in [4.69, 9.17) is 16.2 Å². The van der Waals surface area contributed by atoms with Gasteiger partial charge < -0.3 is 42.4 Å². The van der Waals surface area contributed by atoms with Gasteiger partial charge in [0.25, 0.3) is 5.91 Å². The Bertz CT molecular complexity index is 2220. The Morgan fingerprint density at radius 1 is 0.742 bits per heavy atom. The molecule has 18 heteroatoms. The quantitative estimate of drug-likeness (QED) is 0.0801. The number of ether oxygens (including phenoxy) is 1. The van der Waals surface area contributed by atoms with E-state index in [2.05, 4.69) is 21.3 Å². The third-order valence-corrected chi connectivity index (χ3v) is 11.0. The van der Waals surface area contributed by atoms with Gasteiger partial charge in [-0.25, -0.2) is 13.2 Å². The zero-order valence-corrected chi connectivity index (χ0v) is 35.8. The molecule has 0 saturated heterocycles. The molecule has 332 valence electrons. The van der Waals surface area contributed by atoms with Crippen molar-refractivity contribution in [3.8, 4) is 0 Å². The Hall–Kier alpha value is -6.56. The molecule has 62 heavy (non-hydrogen) atoms. The van der Waals surface area contributed by atoms with E-state index >= 15 is 0 Å². The molecule has 8 N–H and O–H groups in total. The van der Waals surface area contributed by atoms with Crippen molar-refractivity contribution < 1.29 is 46.7 Å². The van der Waals surface area contributed by atoms with Crippen LogP contribution < -0.4 is 37.6 Å². The predicted octanol–water partition coefficient (Wildman–Crippen LogP) is 2.10. The summed E-state index contributed by atoms with van der Waals surface area (Å²) in [6.07, 6.45) is 2.65. The Morgan fingerprint density at radius 3 is 1.94 bits per heavy atom. The van der Waals surface area contributed by atoms with Crippen molar-refractivity contribution >= 4 is 57.1 Å². The van der Waals surface area contributed by atoms with Crippen LogP contribution in [-0.2, 0) is 62.8 Å². The van der Waals surface area contributed by atoms with Gasteiger partial charge in [-0.05, 0) is 60.4 Å². The summed E-state index contributed by atoms with van der Waals surface area (Å²) in [5.41, 5.74) is 13.5. The fourth-order valence-corrected chi connectivity index (χ4v) is 7.31. The van der Waals surface area contributed by atoms with Crippen molar-refractivity contribution in [2.45, 2.75) is 94.5 Å². The molecule has 3 aromatic carbocycles. The molecular weight excluding hydrogens is 819 g/mol. The summed E-state index contributed by atoms with van der Waals surface area (Å²) < 4.78 is 29.7. The lowest BCUT2D eigenvalue weighted by Crippen LogP contribution is -2.58. The molecule has 7 amide bonds. The summed E-state index contributed by atoms with van der Waals surface area (Å²) in [7, 11) is -3.55. The average molecular weight is 874 g/mol. The maximum atomic E-state index is 14.1. The molecule has 1 heterocycles. The third kappa shape index (κ3) is 15.5. The molecule has 0 saturated carbocycles. The van der Waals surface area contributed by atoms with Crippen LogP contribution in [0.4, 0.5) is 10.5 Å². The number of sulfone groups is 1. The Labute approximate surface area is 361 Å². The van der Waals surface area contributed by atoms with E-state index < -0.39 is 75.5 Å². The Kier molecular flexibility index (Phi) is 17.8. The number of alkyl carbamates (subject to hydrolysis) is 1. The summed E-state index contributed by atoms with van der Waals surface area (Å²) >= 11 is 0. The van der Waals surface area contributed by atoms with Crippen LogP contribution in [-0.4, -0.2) is 86.9 Å². The number of fused-ring (bicyclic) bond motifs is 1. The summed E-state index contributed by atoms with van der Waals surface area (Å²) in [5.74, 6) is -4.27. The summed E-state index contributed by atoms with van der Waals surface area (Å²) in [6.45, 7) is 3.96. The first-order valence-corrected chi connectivity index (χ1v) is 22.1. The molecule has 0 bridgehead atoms. The van der Waals surface area contributed by atoms with Gasteiger partial charge in [-0.15, -0.1) is 0 Å². The van der Waals surface area contributed by atoms with Crippen LogP contribution in [0.5, 0.6) is 0 Å². The Balaban J connectivity index is 1.53. The van der Waals surface area contributed by atoms with E-state index in [1.807, 2.05) is 19.9 Å². The lowest BCUT2D eigenvalue weighted by atomic mass is 10.0.